The van der Waals surface area contributed by atoms with Gasteiger partial charge in [-0.3, -0.25) is 0 Å². The van der Waals surface area contributed by atoms with E-state index in [1.807, 2.05) is 0 Å². The normalized spacial score (nSPS) is 17.2. The molecule has 0 bridgehead atoms. The first kappa shape index (κ1) is 13.8. The first-order chi connectivity index (χ1) is 8.98. The number of nitrogens with one attached hydrogen (secondary N) is 2. The zero-order valence-corrected chi connectivity index (χ0v) is 11.0. The SMILES string of the molecule is Cc1cc(F)ccc1NC(=O)NCC1(O)CCCC1. The smallest absolute Gasteiger partial charge is 0.319 e. The number of aliphatic hydroxyl groups is 1. The van der Waals surface area contributed by atoms with Gasteiger partial charge in [0, 0.05) is 12.2 Å². The Labute approximate surface area is 112 Å². The quantitative estimate of drug-likeness (QED) is 0.787. The number of carbonyl (C=O) groups is 1. The number of benzene rings is 1. The maximum Gasteiger partial charge on any atom is 0.319 e. The number of carbonyl (C=O) groups excluding carboxylic acids is 1. The Kier molecular flexibility index (Phi) is 4.04. The van der Waals surface area contributed by atoms with Gasteiger partial charge in [0.15, 0.2) is 0 Å². The molecule has 1 aromatic carbocycles. The third-order valence-electron chi connectivity index (χ3n) is 3.55. The highest BCUT2D eigenvalue weighted by Gasteiger charge is 2.31. The van der Waals surface area contributed by atoms with Gasteiger partial charge in [0.05, 0.1) is 5.60 Å². The second kappa shape index (κ2) is 5.57. The fourth-order valence-corrected chi connectivity index (χ4v) is 2.39. The van der Waals surface area contributed by atoms with Gasteiger partial charge in [0.2, 0.25) is 0 Å². The van der Waals surface area contributed by atoms with Crippen molar-refractivity contribution in [3.63, 3.8) is 0 Å². The predicted octanol–water partition coefficient (Wildman–Crippen LogP) is 2.56. The van der Waals surface area contributed by atoms with Crippen molar-refractivity contribution in [1.29, 1.82) is 0 Å². The molecular weight excluding hydrogens is 247 g/mol. The molecule has 0 aromatic heterocycles. The van der Waals surface area contributed by atoms with Gasteiger partial charge in [-0.05, 0) is 43.5 Å². The van der Waals surface area contributed by atoms with Crippen LogP contribution in [0.15, 0.2) is 18.2 Å². The molecule has 4 nitrogen and oxygen atoms in total. The monoisotopic (exact) mass is 266 g/mol. The first-order valence-corrected chi connectivity index (χ1v) is 6.52. The summed E-state index contributed by atoms with van der Waals surface area (Å²) in [5.74, 6) is -0.330. The van der Waals surface area contributed by atoms with Crippen LogP contribution < -0.4 is 10.6 Å². The number of halogens is 1. The largest absolute Gasteiger partial charge is 0.388 e. The van der Waals surface area contributed by atoms with Crippen LogP contribution in [-0.2, 0) is 0 Å². The highest BCUT2D eigenvalue weighted by atomic mass is 19.1. The van der Waals surface area contributed by atoms with Gasteiger partial charge in [-0.15, -0.1) is 0 Å². The standard InChI is InChI=1S/C14H19FN2O2/c1-10-8-11(15)4-5-12(10)17-13(18)16-9-14(19)6-2-3-7-14/h4-5,8,19H,2-3,6-7,9H2,1H3,(H2,16,17,18). The average molecular weight is 266 g/mol. The Morgan fingerprint density at radius 3 is 2.74 bits per heavy atom. The van der Waals surface area contributed by atoms with Crippen molar-refractivity contribution in [2.45, 2.75) is 38.2 Å². The minimum atomic E-state index is -0.769. The molecule has 0 atom stereocenters. The molecule has 0 unspecified atom stereocenters. The number of urea groups is 1. The Bertz CT molecular complexity index is 471. The Hall–Kier alpha value is -1.62. The Balaban J connectivity index is 1.87. The van der Waals surface area contributed by atoms with E-state index in [1.54, 1.807) is 6.92 Å². The fraction of sp³-hybridized carbons (Fsp3) is 0.500. The first-order valence-electron chi connectivity index (χ1n) is 6.52. The van der Waals surface area contributed by atoms with Crippen LogP contribution in [0.4, 0.5) is 14.9 Å². The molecule has 0 saturated heterocycles. The Morgan fingerprint density at radius 2 is 2.11 bits per heavy atom. The third kappa shape index (κ3) is 3.67. The number of hydrogen-bond donors (Lipinski definition) is 3. The summed E-state index contributed by atoms with van der Waals surface area (Å²) in [6.07, 6.45) is 3.44. The predicted molar refractivity (Wildman–Crippen MR) is 71.6 cm³/mol. The lowest BCUT2D eigenvalue weighted by Crippen LogP contribution is -2.42. The summed E-state index contributed by atoms with van der Waals surface area (Å²) in [7, 11) is 0. The van der Waals surface area contributed by atoms with E-state index in [9.17, 15) is 14.3 Å². The van der Waals surface area contributed by atoms with E-state index in [1.165, 1.54) is 18.2 Å². The number of anilines is 1. The summed E-state index contributed by atoms with van der Waals surface area (Å²) in [4.78, 5) is 11.7. The fourth-order valence-electron chi connectivity index (χ4n) is 2.39. The zero-order valence-electron chi connectivity index (χ0n) is 11.0. The van der Waals surface area contributed by atoms with Gasteiger partial charge in [-0.2, -0.15) is 0 Å². The molecule has 0 heterocycles. The molecule has 1 saturated carbocycles. The van der Waals surface area contributed by atoms with Gasteiger partial charge < -0.3 is 15.7 Å². The van der Waals surface area contributed by atoms with Crippen LogP contribution in [0, 0.1) is 12.7 Å². The van der Waals surface area contributed by atoms with Crippen LogP contribution in [0.2, 0.25) is 0 Å². The van der Waals surface area contributed by atoms with E-state index in [-0.39, 0.29) is 18.4 Å². The molecule has 3 N–H and O–H groups in total. The molecule has 1 aliphatic carbocycles. The van der Waals surface area contributed by atoms with Gasteiger partial charge in [-0.1, -0.05) is 12.8 Å². The molecule has 2 amide bonds. The second-order valence-electron chi connectivity index (χ2n) is 5.20. The van der Waals surface area contributed by atoms with E-state index in [2.05, 4.69) is 10.6 Å². The van der Waals surface area contributed by atoms with Gasteiger partial charge in [0.25, 0.3) is 0 Å². The lowest BCUT2D eigenvalue weighted by atomic mass is 10.0. The number of amides is 2. The van der Waals surface area contributed by atoms with Crippen LogP contribution >= 0.6 is 0 Å². The molecule has 0 aliphatic heterocycles. The van der Waals surface area contributed by atoms with E-state index in [0.29, 0.717) is 11.3 Å². The molecule has 1 aliphatic rings. The molecular formula is C14H19FN2O2. The lowest BCUT2D eigenvalue weighted by molar-refractivity contribution is 0.0506. The van der Waals surface area contributed by atoms with Crippen molar-refractivity contribution in [3.05, 3.63) is 29.6 Å². The zero-order chi connectivity index (χ0) is 13.9. The molecule has 0 spiro atoms. The minimum Gasteiger partial charge on any atom is -0.388 e. The van der Waals surface area contributed by atoms with Crippen LogP contribution in [0.5, 0.6) is 0 Å². The summed E-state index contributed by atoms with van der Waals surface area (Å²) in [6.45, 7) is 1.97. The van der Waals surface area contributed by atoms with Crippen LogP contribution in [-0.4, -0.2) is 23.3 Å². The summed E-state index contributed by atoms with van der Waals surface area (Å²) in [5.41, 5.74) is 0.460. The number of hydrogen-bond acceptors (Lipinski definition) is 2. The van der Waals surface area contributed by atoms with Gasteiger partial charge in [0.1, 0.15) is 5.82 Å². The number of rotatable bonds is 3. The van der Waals surface area contributed by atoms with Crippen molar-refractivity contribution in [2.75, 3.05) is 11.9 Å². The second-order valence-corrected chi connectivity index (χ2v) is 5.20. The highest BCUT2D eigenvalue weighted by Crippen LogP contribution is 2.28. The van der Waals surface area contributed by atoms with Gasteiger partial charge in [-0.25, -0.2) is 9.18 Å². The molecule has 0 radical (unpaired) electrons. The Morgan fingerprint density at radius 1 is 1.42 bits per heavy atom. The molecule has 1 aromatic rings. The summed E-state index contributed by atoms with van der Waals surface area (Å²) < 4.78 is 12.9. The molecule has 5 heteroatoms. The summed E-state index contributed by atoms with van der Waals surface area (Å²) in [5, 5.41) is 15.4. The van der Waals surface area contributed by atoms with Gasteiger partial charge >= 0.3 is 6.03 Å². The maximum atomic E-state index is 12.9. The number of aryl methyl sites for hydroxylation is 1. The molecule has 1 fully saturated rings. The van der Waals surface area contributed by atoms with Crippen molar-refractivity contribution in [3.8, 4) is 0 Å². The maximum absolute atomic E-state index is 12.9. The average Bonchev–Trinajstić information content (AvgIpc) is 2.78. The third-order valence-corrected chi connectivity index (χ3v) is 3.55. The molecule has 2 rings (SSSR count). The van der Waals surface area contributed by atoms with Crippen molar-refractivity contribution >= 4 is 11.7 Å². The van der Waals surface area contributed by atoms with E-state index < -0.39 is 5.60 Å². The lowest BCUT2D eigenvalue weighted by Gasteiger charge is -2.22. The van der Waals surface area contributed by atoms with Crippen molar-refractivity contribution in [2.24, 2.45) is 0 Å². The van der Waals surface area contributed by atoms with E-state index in [0.717, 1.165) is 25.7 Å². The molecule has 19 heavy (non-hydrogen) atoms. The van der Waals surface area contributed by atoms with Crippen molar-refractivity contribution < 1.29 is 14.3 Å². The van der Waals surface area contributed by atoms with Crippen LogP contribution in [0.1, 0.15) is 31.2 Å². The topological polar surface area (TPSA) is 61.4 Å². The van der Waals surface area contributed by atoms with Crippen molar-refractivity contribution in [1.82, 2.24) is 5.32 Å². The van der Waals surface area contributed by atoms with Crippen LogP contribution in [0.3, 0.4) is 0 Å². The summed E-state index contributed by atoms with van der Waals surface area (Å²) in [6, 6.07) is 3.80. The highest BCUT2D eigenvalue weighted by molar-refractivity contribution is 5.90. The van der Waals surface area contributed by atoms with E-state index >= 15 is 0 Å². The van der Waals surface area contributed by atoms with E-state index in [4.69, 9.17) is 0 Å². The van der Waals surface area contributed by atoms with Crippen LogP contribution in [0.25, 0.3) is 0 Å². The molecule has 104 valence electrons. The summed E-state index contributed by atoms with van der Waals surface area (Å²) >= 11 is 0. The minimum absolute atomic E-state index is 0.249.